The summed E-state index contributed by atoms with van der Waals surface area (Å²) in [6.07, 6.45) is 2.88. The number of benzene rings is 2. The van der Waals surface area contributed by atoms with Gasteiger partial charge >= 0.3 is 0 Å². The Labute approximate surface area is 202 Å². The maximum Gasteiger partial charge on any atom is 0.239 e. The molecule has 1 fully saturated rings. The molecule has 7 nitrogen and oxygen atoms in total. The first-order valence-corrected chi connectivity index (χ1v) is 13.0. The zero-order valence-corrected chi connectivity index (χ0v) is 20.8. The van der Waals surface area contributed by atoms with Crippen molar-refractivity contribution in [3.05, 3.63) is 40.9 Å². The van der Waals surface area contributed by atoms with E-state index in [-0.39, 0.29) is 39.4 Å². The second kappa shape index (κ2) is 9.14. The smallest absolute Gasteiger partial charge is 0.239 e. The predicted molar refractivity (Wildman–Crippen MR) is 130 cm³/mol. The predicted octanol–water partition coefficient (Wildman–Crippen LogP) is 5.23. The minimum atomic E-state index is -3.74. The summed E-state index contributed by atoms with van der Waals surface area (Å²) in [7, 11) is -2.39. The van der Waals surface area contributed by atoms with Gasteiger partial charge in [0.1, 0.15) is 22.9 Å². The molecule has 4 rings (SSSR count). The topological polar surface area (TPSA) is 84.4 Å². The number of anilines is 2. The Morgan fingerprint density at radius 2 is 1.91 bits per heavy atom. The van der Waals surface area contributed by atoms with Crippen molar-refractivity contribution in [3.63, 3.8) is 0 Å². The number of hydrogen-bond acceptors (Lipinski definition) is 6. The Balaban J connectivity index is 2.04. The molecule has 182 valence electrons. The summed E-state index contributed by atoms with van der Waals surface area (Å²) in [6, 6.07) is 5.69. The maximum atomic E-state index is 16.1. The van der Waals surface area contributed by atoms with Gasteiger partial charge in [0, 0.05) is 23.5 Å². The Hall–Kier alpha value is -2.72. The van der Waals surface area contributed by atoms with Gasteiger partial charge in [0.15, 0.2) is 5.82 Å². The third kappa shape index (κ3) is 4.61. The lowest BCUT2D eigenvalue weighted by Crippen LogP contribution is -2.41. The minimum absolute atomic E-state index is 0.0419. The zero-order chi connectivity index (χ0) is 24.8. The van der Waals surface area contributed by atoms with Crippen LogP contribution in [0.1, 0.15) is 26.7 Å². The first-order chi connectivity index (χ1) is 16.0. The van der Waals surface area contributed by atoms with Crippen LogP contribution in [0.3, 0.4) is 0 Å². The van der Waals surface area contributed by atoms with Crippen molar-refractivity contribution in [1.82, 2.24) is 9.97 Å². The van der Waals surface area contributed by atoms with Crippen LogP contribution in [-0.2, 0) is 10.0 Å². The highest BCUT2D eigenvalue weighted by molar-refractivity contribution is 7.92. The standard InChI is InChI=1S/C23H25ClF2N4O3S/c1-12-8-9-13(2)30(11-12)22-14-10-15(24)18(19-16(25)6-5-7-17(19)33-3)20(26)21(14)27-23(28-22)29-34(4,31)32/h5-7,10,12-13H,8-9,11H2,1-4H3,(H,27,28,29)/t12-,13-/m0/s1. The van der Waals surface area contributed by atoms with Crippen LogP contribution in [0.4, 0.5) is 20.5 Å². The van der Waals surface area contributed by atoms with Crippen molar-refractivity contribution in [1.29, 1.82) is 0 Å². The highest BCUT2D eigenvalue weighted by Gasteiger charge is 2.29. The Bertz CT molecular complexity index is 1370. The SMILES string of the molecule is COc1cccc(F)c1-c1c(Cl)cc2c(N3C[C@@H](C)CC[C@@H]3C)nc(NS(C)(=O)=O)nc2c1F. The third-order valence-electron chi connectivity index (χ3n) is 5.97. The molecule has 2 aromatic carbocycles. The van der Waals surface area contributed by atoms with Gasteiger partial charge in [0.25, 0.3) is 0 Å². The number of rotatable bonds is 5. The number of fused-ring (bicyclic) bond motifs is 1. The van der Waals surface area contributed by atoms with Crippen molar-refractivity contribution in [2.75, 3.05) is 29.5 Å². The Kier molecular flexibility index (Phi) is 6.56. The van der Waals surface area contributed by atoms with Gasteiger partial charge in [-0.3, -0.25) is 4.72 Å². The summed E-state index contributed by atoms with van der Waals surface area (Å²) in [6.45, 7) is 4.78. The van der Waals surface area contributed by atoms with Gasteiger partial charge in [-0.2, -0.15) is 4.98 Å². The van der Waals surface area contributed by atoms with Crippen LogP contribution < -0.4 is 14.4 Å². The second-order valence-electron chi connectivity index (χ2n) is 8.69. The van der Waals surface area contributed by atoms with E-state index >= 15 is 4.39 Å². The van der Waals surface area contributed by atoms with E-state index in [2.05, 4.69) is 21.6 Å². The minimum Gasteiger partial charge on any atom is -0.496 e. The van der Waals surface area contributed by atoms with E-state index in [1.165, 1.54) is 31.4 Å². The lowest BCUT2D eigenvalue weighted by atomic mass is 9.94. The summed E-state index contributed by atoms with van der Waals surface area (Å²) in [5.74, 6) is -1.08. The molecule has 1 aliphatic rings. The molecule has 0 spiro atoms. The van der Waals surface area contributed by atoms with Gasteiger partial charge in [0.05, 0.1) is 24.0 Å². The molecule has 34 heavy (non-hydrogen) atoms. The maximum absolute atomic E-state index is 16.1. The summed E-state index contributed by atoms with van der Waals surface area (Å²) in [4.78, 5) is 10.6. The summed E-state index contributed by atoms with van der Waals surface area (Å²) in [5, 5.41) is 0.265. The van der Waals surface area contributed by atoms with Gasteiger partial charge in [-0.1, -0.05) is 24.6 Å². The van der Waals surface area contributed by atoms with E-state index < -0.39 is 21.7 Å². The van der Waals surface area contributed by atoms with Crippen LogP contribution >= 0.6 is 11.6 Å². The fourth-order valence-electron chi connectivity index (χ4n) is 4.34. The van der Waals surface area contributed by atoms with Crippen LogP contribution in [0.5, 0.6) is 5.75 Å². The Morgan fingerprint density at radius 3 is 2.59 bits per heavy atom. The number of ether oxygens (including phenoxy) is 1. The van der Waals surface area contributed by atoms with Crippen LogP contribution in [0.25, 0.3) is 22.0 Å². The lowest BCUT2D eigenvalue weighted by molar-refractivity contribution is 0.389. The molecule has 1 saturated heterocycles. The normalized spacial score (nSPS) is 18.9. The molecule has 0 bridgehead atoms. The van der Waals surface area contributed by atoms with Gasteiger partial charge in [-0.15, -0.1) is 0 Å². The molecule has 1 aromatic heterocycles. The van der Waals surface area contributed by atoms with Crippen LogP contribution in [0.15, 0.2) is 24.3 Å². The molecular formula is C23H25ClF2N4O3S. The first-order valence-electron chi connectivity index (χ1n) is 10.8. The molecule has 0 saturated carbocycles. The number of methoxy groups -OCH3 is 1. The number of sulfonamides is 1. The molecule has 2 atom stereocenters. The molecular weight excluding hydrogens is 486 g/mol. The summed E-state index contributed by atoms with van der Waals surface area (Å²) in [5.41, 5.74) is -0.544. The average Bonchev–Trinajstić information content (AvgIpc) is 2.75. The van der Waals surface area contributed by atoms with E-state index in [0.717, 1.165) is 19.1 Å². The van der Waals surface area contributed by atoms with Crippen molar-refractivity contribution >= 4 is 44.3 Å². The first kappa shape index (κ1) is 24.4. The van der Waals surface area contributed by atoms with Gasteiger partial charge in [0.2, 0.25) is 16.0 Å². The number of aromatic nitrogens is 2. The van der Waals surface area contributed by atoms with E-state index in [1.54, 1.807) is 0 Å². The molecule has 11 heteroatoms. The van der Waals surface area contributed by atoms with Gasteiger partial charge < -0.3 is 9.64 Å². The molecule has 3 aromatic rings. The largest absolute Gasteiger partial charge is 0.496 e. The summed E-state index contributed by atoms with van der Waals surface area (Å²) < 4.78 is 62.2. The molecule has 0 aliphatic carbocycles. The van der Waals surface area contributed by atoms with Crippen LogP contribution in [0.2, 0.25) is 5.02 Å². The quantitative estimate of drug-likeness (QED) is 0.505. The van der Waals surface area contributed by atoms with E-state index in [0.29, 0.717) is 23.7 Å². The average molecular weight is 511 g/mol. The van der Waals surface area contributed by atoms with Crippen molar-refractivity contribution in [3.8, 4) is 16.9 Å². The van der Waals surface area contributed by atoms with E-state index in [9.17, 15) is 12.8 Å². The van der Waals surface area contributed by atoms with Gasteiger partial charge in [-0.25, -0.2) is 22.2 Å². The zero-order valence-electron chi connectivity index (χ0n) is 19.2. The fraction of sp³-hybridized carbons (Fsp3) is 0.391. The molecule has 0 radical (unpaired) electrons. The number of hydrogen-bond donors (Lipinski definition) is 1. The van der Waals surface area contributed by atoms with Crippen LogP contribution in [-0.4, -0.2) is 44.3 Å². The highest BCUT2D eigenvalue weighted by Crippen LogP contribution is 2.43. The number of halogens is 3. The molecule has 0 amide bonds. The Morgan fingerprint density at radius 1 is 1.18 bits per heavy atom. The third-order valence-corrected chi connectivity index (χ3v) is 6.83. The fourth-order valence-corrected chi connectivity index (χ4v) is 5.05. The second-order valence-corrected chi connectivity index (χ2v) is 10.8. The van der Waals surface area contributed by atoms with Crippen molar-refractivity contribution in [2.45, 2.75) is 32.7 Å². The van der Waals surface area contributed by atoms with Crippen LogP contribution in [0, 0.1) is 17.6 Å². The number of piperidine rings is 1. The highest BCUT2D eigenvalue weighted by atomic mass is 35.5. The lowest BCUT2D eigenvalue weighted by Gasteiger charge is -2.38. The van der Waals surface area contributed by atoms with E-state index in [1.807, 2.05) is 11.8 Å². The van der Waals surface area contributed by atoms with Gasteiger partial charge in [-0.05, 0) is 43.9 Å². The van der Waals surface area contributed by atoms with Crippen molar-refractivity contribution in [2.24, 2.45) is 5.92 Å². The monoisotopic (exact) mass is 510 g/mol. The van der Waals surface area contributed by atoms with Crippen molar-refractivity contribution < 1.29 is 21.9 Å². The molecule has 0 unspecified atom stereocenters. The molecule has 1 aliphatic heterocycles. The number of nitrogens with zero attached hydrogens (tertiary/aromatic N) is 3. The molecule has 1 N–H and O–H groups in total. The summed E-state index contributed by atoms with van der Waals surface area (Å²) >= 11 is 6.52. The number of nitrogens with one attached hydrogen (secondary N) is 1. The van der Waals surface area contributed by atoms with E-state index in [4.69, 9.17) is 16.3 Å². The molecule has 2 heterocycles.